The number of nitrogens with two attached hydrogens (primary N) is 1. The van der Waals surface area contributed by atoms with Crippen molar-refractivity contribution < 1.29 is 9.18 Å². The van der Waals surface area contributed by atoms with Gasteiger partial charge in [-0.25, -0.2) is 4.39 Å². The van der Waals surface area contributed by atoms with Crippen molar-refractivity contribution in [3.05, 3.63) is 29.1 Å². The summed E-state index contributed by atoms with van der Waals surface area (Å²) in [5.74, 6) is -1.13. The number of nitrogens with zero attached hydrogens (tertiary/aromatic N) is 1. The Bertz CT molecular complexity index is 426. The highest BCUT2D eigenvalue weighted by Gasteiger charge is 2.17. The predicted octanol–water partition coefficient (Wildman–Crippen LogP) is 1.86. The minimum atomic E-state index is -0.731. The SMILES string of the molecule is N#Cc1c(F)ccc(N)c1C(=O)CBr. The van der Waals surface area contributed by atoms with Gasteiger partial charge in [-0.1, -0.05) is 15.9 Å². The molecule has 0 radical (unpaired) electrons. The molecule has 0 spiro atoms. The molecule has 0 atom stereocenters. The Morgan fingerprint density at radius 3 is 2.79 bits per heavy atom. The number of hydrogen-bond acceptors (Lipinski definition) is 3. The monoisotopic (exact) mass is 256 g/mol. The number of alkyl halides is 1. The van der Waals surface area contributed by atoms with Crippen LogP contribution in [0.1, 0.15) is 15.9 Å². The third-order valence-electron chi connectivity index (χ3n) is 1.70. The number of rotatable bonds is 2. The number of halogens is 2. The zero-order chi connectivity index (χ0) is 10.7. The van der Waals surface area contributed by atoms with Gasteiger partial charge < -0.3 is 5.73 Å². The summed E-state index contributed by atoms with van der Waals surface area (Å²) in [6.07, 6.45) is 0. The summed E-state index contributed by atoms with van der Waals surface area (Å²) >= 11 is 2.94. The summed E-state index contributed by atoms with van der Waals surface area (Å²) < 4.78 is 13.1. The van der Waals surface area contributed by atoms with Gasteiger partial charge in [0.05, 0.1) is 10.9 Å². The predicted molar refractivity (Wildman–Crippen MR) is 53.7 cm³/mol. The molecule has 0 aliphatic heterocycles. The number of ketones is 1. The average Bonchev–Trinajstić information content (AvgIpc) is 2.19. The molecule has 0 aliphatic rings. The van der Waals surface area contributed by atoms with Gasteiger partial charge in [0.15, 0.2) is 5.78 Å². The van der Waals surface area contributed by atoms with Crippen LogP contribution in [0.4, 0.5) is 10.1 Å². The zero-order valence-corrected chi connectivity index (χ0v) is 8.64. The molecule has 14 heavy (non-hydrogen) atoms. The summed E-state index contributed by atoms with van der Waals surface area (Å²) in [6.45, 7) is 0. The maximum atomic E-state index is 13.1. The van der Waals surface area contributed by atoms with E-state index in [0.29, 0.717) is 0 Å². The molecule has 72 valence electrons. The van der Waals surface area contributed by atoms with E-state index in [4.69, 9.17) is 11.0 Å². The van der Waals surface area contributed by atoms with Crippen LogP contribution in [0.2, 0.25) is 0 Å². The number of benzene rings is 1. The van der Waals surface area contributed by atoms with E-state index in [-0.39, 0.29) is 22.1 Å². The lowest BCUT2D eigenvalue weighted by molar-refractivity contribution is 0.102. The Balaban J connectivity index is 3.47. The second-order valence-corrected chi connectivity index (χ2v) is 3.12. The highest BCUT2D eigenvalue weighted by atomic mass is 79.9. The highest BCUT2D eigenvalue weighted by molar-refractivity contribution is 9.09. The molecule has 1 aromatic carbocycles. The molecular weight excluding hydrogens is 251 g/mol. The molecule has 0 heterocycles. The van der Waals surface area contributed by atoms with E-state index in [1.54, 1.807) is 6.07 Å². The smallest absolute Gasteiger partial charge is 0.176 e. The fourth-order valence-corrected chi connectivity index (χ4v) is 1.35. The topological polar surface area (TPSA) is 66.9 Å². The van der Waals surface area contributed by atoms with Crippen LogP contribution in [-0.2, 0) is 0 Å². The summed E-state index contributed by atoms with van der Waals surface area (Å²) in [4.78, 5) is 11.3. The molecule has 0 aliphatic carbocycles. The quantitative estimate of drug-likeness (QED) is 0.499. The number of nitrogen functional groups attached to an aromatic ring is 1. The van der Waals surface area contributed by atoms with Crippen molar-refractivity contribution in [2.75, 3.05) is 11.1 Å². The van der Waals surface area contributed by atoms with Gasteiger partial charge in [-0.2, -0.15) is 5.26 Å². The number of carbonyl (C=O) groups excluding carboxylic acids is 1. The van der Waals surface area contributed by atoms with E-state index < -0.39 is 11.6 Å². The third-order valence-corrected chi connectivity index (χ3v) is 2.21. The second kappa shape index (κ2) is 4.20. The molecule has 0 aromatic heterocycles. The summed E-state index contributed by atoms with van der Waals surface area (Å²) in [6, 6.07) is 3.96. The van der Waals surface area contributed by atoms with Crippen molar-refractivity contribution in [1.82, 2.24) is 0 Å². The van der Waals surface area contributed by atoms with E-state index in [0.717, 1.165) is 6.07 Å². The minimum Gasteiger partial charge on any atom is -0.398 e. The molecule has 1 rings (SSSR count). The first-order valence-corrected chi connectivity index (χ1v) is 4.81. The van der Waals surface area contributed by atoms with Crippen molar-refractivity contribution in [2.45, 2.75) is 0 Å². The van der Waals surface area contributed by atoms with Crippen molar-refractivity contribution in [1.29, 1.82) is 5.26 Å². The average molecular weight is 257 g/mol. The molecule has 3 nitrogen and oxygen atoms in total. The Morgan fingerprint density at radius 2 is 2.29 bits per heavy atom. The molecule has 0 amide bonds. The number of carbonyl (C=O) groups is 1. The van der Waals surface area contributed by atoms with E-state index in [9.17, 15) is 9.18 Å². The first kappa shape index (κ1) is 10.7. The van der Waals surface area contributed by atoms with Gasteiger partial charge in [-0.3, -0.25) is 4.79 Å². The van der Waals surface area contributed by atoms with Crippen molar-refractivity contribution in [2.24, 2.45) is 0 Å². The molecule has 0 bridgehead atoms. The van der Waals surface area contributed by atoms with E-state index in [1.165, 1.54) is 6.07 Å². The number of nitriles is 1. The van der Waals surface area contributed by atoms with Gasteiger partial charge >= 0.3 is 0 Å². The third kappa shape index (κ3) is 1.75. The van der Waals surface area contributed by atoms with E-state index >= 15 is 0 Å². The van der Waals surface area contributed by atoms with Crippen LogP contribution in [0, 0.1) is 17.1 Å². The van der Waals surface area contributed by atoms with Crippen LogP contribution >= 0.6 is 15.9 Å². The first-order valence-electron chi connectivity index (χ1n) is 3.69. The molecule has 0 fully saturated rings. The lowest BCUT2D eigenvalue weighted by atomic mass is 10.0. The molecule has 0 saturated heterocycles. The Labute approximate surface area is 88.5 Å². The first-order chi connectivity index (χ1) is 6.61. The highest BCUT2D eigenvalue weighted by Crippen LogP contribution is 2.20. The number of Topliss-reactive ketones (excluding diaryl/α,β-unsaturated/α-hetero) is 1. The van der Waals surface area contributed by atoms with Gasteiger partial charge in [0, 0.05) is 5.69 Å². The maximum Gasteiger partial charge on any atom is 0.176 e. The summed E-state index contributed by atoms with van der Waals surface area (Å²) in [5, 5.41) is 8.66. The van der Waals surface area contributed by atoms with Crippen molar-refractivity contribution in [3.8, 4) is 6.07 Å². The van der Waals surface area contributed by atoms with Gasteiger partial charge in [-0.15, -0.1) is 0 Å². The molecule has 2 N–H and O–H groups in total. The normalized spacial score (nSPS) is 9.50. The lowest BCUT2D eigenvalue weighted by Crippen LogP contribution is -2.09. The Morgan fingerprint density at radius 1 is 1.64 bits per heavy atom. The van der Waals surface area contributed by atoms with Crippen LogP contribution in [0.25, 0.3) is 0 Å². The van der Waals surface area contributed by atoms with Crippen LogP contribution < -0.4 is 5.73 Å². The number of anilines is 1. The van der Waals surface area contributed by atoms with Gasteiger partial charge in [-0.05, 0) is 12.1 Å². The van der Waals surface area contributed by atoms with Crippen LogP contribution in [0.5, 0.6) is 0 Å². The summed E-state index contributed by atoms with van der Waals surface area (Å²) in [5.41, 5.74) is 5.25. The fourth-order valence-electron chi connectivity index (χ4n) is 1.07. The second-order valence-electron chi connectivity index (χ2n) is 2.56. The van der Waals surface area contributed by atoms with Gasteiger partial charge in [0.1, 0.15) is 17.4 Å². The fraction of sp³-hybridized carbons (Fsp3) is 0.111. The minimum absolute atomic E-state index is 0.00926. The Hall–Kier alpha value is -1.41. The van der Waals surface area contributed by atoms with Gasteiger partial charge in [0.25, 0.3) is 0 Å². The van der Waals surface area contributed by atoms with Crippen molar-refractivity contribution >= 4 is 27.4 Å². The molecule has 0 unspecified atom stereocenters. The molecule has 5 heteroatoms. The standard InChI is InChI=1S/C9H6BrFN2O/c10-3-8(14)9-5(4-12)6(11)1-2-7(9)13/h1-2H,3,13H2. The maximum absolute atomic E-state index is 13.1. The van der Waals surface area contributed by atoms with E-state index in [1.807, 2.05) is 0 Å². The molecular formula is C9H6BrFN2O. The lowest BCUT2D eigenvalue weighted by Gasteiger charge is -2.05. The number of hydrogen-bond donors (Lipinski definition) is 1. The van der Waals surface area contributed by atoms with Crippen LogP contribution in [-0.4, -0.2) is 11.1 Å². The van der Waals surface area contributed by atoms with Crippen molar-refractivity contribution in [3.63, 3.8) is 0 Å². The van der Waals surface area contributed by atoms with E-state index in [2.05, 4.69) is 15.9 Å². The zero-order valence-electron chi connectivity index (χ0n) is 7.05. The summed E-state index contributed by atoms with van der Waals surface area (Å²) in [7, 11) is 0. The van der Waals surface area contributed by atoms with Crippen LogP contribution in [0.3, 0.4) is 0 Å². The molecule has 1 aromatic rings. The molecule has 0 saturated carbocycles. The largest absolute Gasteiger partial charge is 0.398 e. The van der Waals surface area contributed by atoms with Crippen LogP contribution in [0.15, 0.2) is 12.1 Å². The van der Waals surface area contributed by atoms with Gasteiger partial charge in [0.2, 0.25) is 0 Å². The Kier molecular flexibility index (Phi) is 3.20.